The van der Waals surface area contributed by atoms with Crippen LogP contribution in [0, 0.1) is 0 Å². The van der Waals surface area contributed by atoms with Gasteiger partial charge in [0.25, 0.3) is 10.2 Å². The van der Waals surface area contributed by atoms with Gasteiger partial charge >= 0.3 is 5.97 Å². The van der Waals surface area contributed by atoms with E-state index >= 15 is 0 Å². The fraction of sp³-hybridized carbons (Fsp3) is 0.917. The van der Waals surface area contributed by atoms with E-state index in [0.717, 1.165) is 4.31 Å². The van der Waals surface area contributed by atoms with Crippen LogP contribution in [0.15, 0.2) is 0 Å². The quantitative estimate of drug-likeness (QED) is 0.616. The highest BCUT2D eigenvalue weighted by molar-refractivity contribution is 7.87. The number of rotatable bonds is 8. The van der Waals surface area contributed by atoms with Crippen LogP contribution >= 0.6 is 0 Å². The molecule has 2 unspecified atom stereocenters. The number of nitrogens with one attached hydrogen (secondary N) is 1. The molecule has 2 atom stereocenters. The van der Waals surface area contributed by atoms with Gasteiger partial charge in [0.2, 0.25) is 0 Å². The number of ether oxygens (including phenoxy) is 1. The van der Waals surface area contributed by atoms with E-state index in [0.29, 0.717) is 32.2 Å². The van der Waals surface area contributed by atoms with Gasteiger partial charge in [-0.3, -0.25) is 4.79 Å². The predicted molar refractivity (Wildman–Crippen MR) is 74.2 cm³/mol. The third kappa shape index (κ3) is 4.69. The molecule has 118 valence electrons. The number of aliphatic hydroxyl groups is 1. The zero-order valence-corrected chi connectivity index (χ0v) is 12.9. The summed E-state index contributed by atoms with van der Waals surface area (Å²) in [5.74, 6) is -0.496. The van der Waals surface area contributed by atoms with E-state index in [1.54, 1.807) is 6.92 Å². The average molecular weight is 308 g/mol. The molecule has 1 aliphatic heterocycles. The summed E-state index contributed by atoms with van der Waals surface area (Å²) in [6.07, 6.45) is 1.54. The Labute approximate surface area is 120 Å². The highest BCUT2D eigenvalue weighted by atomic mass is 32.2. The lowest BCUT2D eigenvalue weighted by molar-refractivity contribution is -0.146. The van der Waals surface area contributed by atoms with Crippen molar-refractivity contribution in [1.82, 2.24) is 9.03 Å². The molecule has 1 aliphatic rings. The lowest BCUT2D eigenvalue weighted by Gasteiger charge is -2.23. The van der Waals surface area contributed by atoms with Gasteiger partial charge in [-0.1, -0.05) is 6.92 Å². The van der Waals surface area contributed by atoms with Crippen molar-refractivity contribution in [2.24, 2.45) is 0 Å². The van der Waals surface area contributed by atoms with Crippen LogP contribution in [0.2, 0.25) is 0 Å². The third-order valence-corrected chi connectivity index (χ3v) is 4.93. The maximum Gasteiger partial charge on any atom is 0.324 e. The molecule has 0 aromatic heterocycles. The van der Waals surface area contributed by atoms with Crippen molar-refractivity contribution in [2.45, 2.75) is 51.7 Å². The van der Waals surface area contributed by atoms with Gasteiger partial charge in [-0.25, -0.2) is 4.72 Å². The summed E-state index contributed by atoms with van der Waals surface area (Å²) >= 11 is 0. The summed E-state index contributed by atoms with van der Waals surface area (Å²) < 4.78 is 32.8. The summed E-state index contributed by atoms with van der Waals surface area (Å²) in [6.45, 7) is 4.23. The maximum absolute atomic E-state index is 12.1. The summed E-state index contributed by atoms with van der Waals surface area (Å²) in [5.41, 5.74) is 0. The minimum Gasteiger partial charge on any atom is -0.465 e. The molecule has 0 saturated carbocycles. The summed E-state index contributed by atoms with van der Waals surface area (Å²) in [7, 11) is -3.71. The average Bonchev–Trinajstić information content (AvgIpc) is 2.88. The molecule has 1 saturated heterocycles. The number of hydrogen-bond donors (Lipinski definition) is 2. The summed E-state index contributed by atoms with van der Waals surface area (Å²) in [4.78, 5) is 11.7. The molecule has 8 heteroatoms. The van der Waals surface area contributed by atoms with Crippen LogP contribution in [-0.4, -0.2) is 55.6 Å². The molecular weight excluding hydrogens is 284 g/mol. The Balaban J connectivity index is 2.59. The number of esters is 1. The van der Waals surface area contributed by atoms with Crippen molar-refractivity contribution >= 4 is 16.2 Å². The highest BCUT2D eigenvalue weighted by Gasteiger charge is 2.39. The zero-order chi connectivity index (χ0) is 15.2. The lowest BCUT2D eigenvalue weighted by Crippen LogP contribution is -2.47. The largest absolute Gasteiger partial charge is 0.465 e. The fourth-order valence-electron chi connectivity index (χ4n) is 2.14. The van der Waals surface area contributed by atoms with Gasteiger partial charge in [-0.2, -0.15) is 12.7 Å². The number of carbonyl (C=O) groups is 1. The molecule has 1 fully saturated rings. The normalized spacial score (nSPS) is 21.9. The number of nitrogens with zero attached hydrogens (tertiary/aromatic N) is 1. The second kappa shape index (κ2) is 7.92. The molecule has 7 nitrogen and oxygen atoms in total. The second-order valence-corrected chi connectivity index (χ2v) is 6.48. The topological polar surface area (TPSA) is 95.9 Å². The third-order valence-electron chi connectivity index (χ3n) is 3.30. The van der Waals surface area contributed by atoms with Crippen LogP contribution in [0.25, 0.3) is 0 Å². The second-order valence-electron chi connectivity index (χ2n) is 4.77. The molecule has 0 spiro atoms. The molecule has 1 rings (SSSR count). The van der Waals surface area contributed by atoms with Gasteiger partial charge in [0.05, 0.1) is 12.7 Å². The Bertz CT molecular complexity index is 412. The number of aliphatic hydroxyl groups excluding tert-OH is 1. The van der Waals surface area contributed by atoms with Gasteiger partial charge in [0.1, 0.15) is 6.04 Å². The molecule has 0 amide bonds. The lowest BCUT2D eigenvalue weighted by atomic mass is 10.2. The molecule has 0 aromatic rings. The molecule has 0 radical (unpaired) electrons. The van der Waals surface area contributed by atoms with E-state index in [1.807, 2.05) is 6.92 Å². The van der Waals surface area contributed by atoms with Crippen LogP contribution in [0.1, 0.15) is 39.5 Å². The van der Waals surface area contributed by atoms with Gasteiger partial charge in [0, 0.05) is 13.1 Å². The van der Waals surface area contributed by atoms with Crippen molar-refractivity contribution in [3.63, 3.8) is 0 Å². The SMILES string of the molecule is CCOC(=O)C1CCCN1S(=O)(=O)NCCC(O)CC. The van der Waals surface area contributed by atoms with Crippen LogP contribution < -0.4 is 4.72 Å². The standard InChI is InChI=1S/C12H24N2O5S/c1-3-10(15)7-8-13-20(17,18)14-9-5-6-11(14)12(16)19-4-2/h10-11,13,15H,3-9H2,1-2H3. The molecular formula is C12H24N2O5S. The maximum atomic E-state index is 12.1. The Hall–Kier alpha value is -0.700. The summed E-state index contributed by atoms with van der Waals surface area (Å²) in [6, 6.07) is -0.733. The monoisotopic (exact) mass is 308 g/mol. The smallest absolute Gasteiger partial charge is 0.324 e. The molecule has 20 heavy (non-hydrogen) atoms. The van der Waals surface area contributed by atoms with E-state index < -0.39 is 28.3 Å². The molecule has 0 bridgehead atoms. The van der Waals surface area contributed by atoms with Gasteiger partial charge in [-0.15, -0.1) is 0 Å². The molecule has 0 aromatic carbocycles. The fourth-order valence-corrected chi connectivity index (χ4v) is 3.58. The van der Waals surface area contributed by atoms with Crippen molar-refractivity contribution < 1.29 is 23.1 Å². The van der Waals surface area contributed by atoms with Crippen molar-refractivity contribution in [3.05, 3.63) is 0 Å². The first-order chi connectivity index (χ1) is 9.42. The first-order valence-corrected chi connectivity index (χ1v) is 8.47. The zero-order valence-electron chi connectivity index (χ0n) is 12.0. The highest BCUT2D eigenvalue weighted by Crippen LogP contribution is 2.21. The van der Waals surface area contributed by atoms with Gasteiger partial charge < -0.3 is 9.84 Å². The Kier molecular flexibility index (Phi) is 6.87. The molecule has 1 heterocycles. The van der Waals surface area contributed by atoms with Gasteiger partial charge in [-0.05, 0) is 32.6 Å². The van der Waals surface area contributed by atoms with Crippen molar-refractivity contribution in [3.8, 4) is 0 Å². The Morgan fingerprint density at radius 2 is 2.20 bits per heavy atom. The van der Waals surface area contributed by atoms with E-state index in [2.05, 4.69) is 4.72 Å². The first-order valence-electron chi connectivity index (χ1n) is 7.03. The Morgan fingerprint density at radius 3 is 2.80 bits per heavy atom. The number of carbonyl (C=O) groups excluding carboxylic acids is 1. The minimum absolute atomic E-state index is 0.156. The van der Waals surface area contributed by atoms with E-state index in [9.17, 15) is 18.3 Å². The summed E-state index contributed by atoms with van der Waals surface area (Å²) in [5, 5.41) is 9.41. The Morgan fingerprint density at radius 1 is 1.50 bits per heavy atom. The van der Waals surface area contributed by atoms with Crippen LogP contribution in [0.5, 0.6) is 0 Å². The van der Waals surface area contributed by atoms with Crippen LogP contribution in [0.3, 0.4) is 0 Å². The predicted octanol–water partition coefficient (Wildman–Crippen LogP) is 0.00930. The number of hydrogen-bond acceptors (Lipinski definition) is 5. The van der Waals surface area contributed by atoms with E-state index in [1.165, 1.54) is 0 Å². The molecule has 0 aliphatic carbocycles. The first kappa shape index (κ1) is 17.4. The van der Waals surface area contributed by atoms with Crippen molar-refractivity contribution in [2.75, 3.05) is 19.7 Å². The van der Waals surface area contributed by atoms with E-state index in [-0.39, 0.29) is 13.2 Å². The van der Waals surface area contributed by atoms with E-state index in [4.69, 9.17) is 4.74 Å². The van der Waals surface area contributed by atoms with Gasteiger partial charge in [0.15, 0.2) is 0 Å². The van der Waals surface area contributed by atoms with Crippen LogP contribution in [-0.2, 0) is 19.7 Å². The minimum atomic E-state index is -3.71. The van der Waals surface area contributed by atoms with Crippen LogP contribution in [0.4, 0.5) is 0 Å². The van der Waals surface area contributed by atoms with Crippen molar-refractivity contribution in [1.29, 1.82) is 0 Å². The molecule has 2 N–H and O–H groups in total.